The molecule has 0 aliphatic rings. The average molecular weight is 856 g/mol. The second-order valence-electron chi connectivity index (χ2n) is 12.7. The van der Waals surface area contributed by atoms with Gasteiger partial charge in [0.25, 0.3) is 5.91 Å². The molecule has 0 aliphatic heterocycles. The van der Waals surface area contributed by atoms with Crippen LogP contribution in [0, 0.1) is 0 Å². The molecule has 0 saturated carbocycles. The average Bonchev–Trinajstić information content (AvgIpc) is 3.18. The van der Waals surface area contributed by atoms with Crippen molar-refractivity contribution >= 4 is 50.7 Å². The molecule has 6 aromatic carbocycles. The molecule has 0 spiro atoms. The molecule has 0 unspecified atom stereocenters. The molecule has 1 amide bonds. The van der Waals surface area contributed by atoms with Gasteiger partial charge >= 0.3 is 6.18 Å². The van der Waals surface area contributed by atoms with E-state index in [0.717, 1.165) is 28.1 Å². The van der Waals surface area contributed by atoms with E-state index in [4.69, 9.17) is 44.3 Å². The summed E-state index contributed by atoms with van der Waals surface area (Å²) in [6.45, 7) is -0.388. The maximum Gasteiger partial charge on any atom is 0.416 e. The number of phenols is 1. The molecule has 15 heteroatoms. The minimum Gasteiger partial charge on any atom is -0.505 e. The fraction of sp³-hybridized carbons (Fsp3) is 0.119. The Bertz CT molecular complexity index is 2490. The van der Waals surface area contributed by atoms with Gasteiger partial charge in [-0.15, -0.1) is 0 Å². The highest BCUT2D eigenvalue weighted by atomic mass is 35.5. The number of amides is 1. The van der Waals surface area contributed by atoms with Crippen LogP contribution in [0.1, 0.15) is 32.6 Å². The van der Waals surface area contributed by atoms with Crippen LogP contribution < -0.4 is 14.8 Å². The first-order chi connectivity index (χ1) is 27.1. The van der Waals surface area contributed by atoms with E-state index in [1.165, 1.54) is 37.4 Å². The number of phenolic OH excluding ortho intramolecular Hbond substituents is 1. The monoisotopic (exact) mass is 854 g/mol. The standard InChI is InChI=1S/C42H32Cl3F3N2O6S/c1-55-40-35(29-9-13-32(43)14-10-29)19-28(20-37(40)45)25-50(24-27-7-15-33(16-8-27)56-34-17-11-31(12-18-34)42(46,47)48)57(53,54)38-22-30(21-36(44)39(38)51)41(52)49-23-26-5-3-2-4-6-26/h2-22,51H,23-25H2,1H3,(H,49,52). The van der Waals surface area contributed by atoms with E-state index >= 15 is 0 Å². The van der Waals surface area contributed by atoms with E-state index in [9.17, 15) is 31.5 Å². The van der Waals surface area contributed by atoms with Crippen LogP contribution in [0.3, 0.4) is 0 Å². The van der Waals surface area contributed by atoms with E-state index in [2.05, 4.69) is 5.32 Å². The van der Waals surface area contributed by atoms with E-state index in [0.29, 0.717) is 33.0 Å². The molecule has 0 bridgehead atoms. The molecular formula is C42H32Cl3F3N2O6S. The number of halogens is 6. The lowest BCUT2D eigenvalue weighted by Crippen LogP contribution is -2.31. The Morgan fingerprint density at radius 3 is 1.98 bits per heavy atom. The second-order valence-corrected chi connectivity index (χ2v) is 15.8. The Balaban J connectivity index is 1.35. The molecule has 0 atom stereocenters. The van der Waals surface area contributed by atoms with Crippen molar-refractivity contribution in [2.75, 3.05) is 7.11 Å². The molecule has 0 saturated heterocycles. The smallest absolute Gasteiger partial charge is 0.416 e. The maximum atomic E-state index is 14.7. The first-order valence-electron chi connectivity index (χ1n) is 17.0. The Labute approximate surface area is 342 Å². The Morgan fingerprint density at radius 1 is 0.754 bits per heavy atom. The molecule has 57 heavy (non-hydrogen) atoms. The minimum absolute atomic E-state index is 0.102. The molecule has 0 aliphatic carbocycles. The number of rotatable bonds is 13. The van der Waals surface area contributed by atoms with Gasteiger partial charge in [0.2, 0.25) is 10.0 Å². The molecule has 0 radical (unpaired) electrons. The van der Waals surface area contributed by atoms with Gasteiger partial charge in [-0.2, -0.15) is 17.5 Å². The van der Waals surface area contributed by atoms with E-state index in [-0.39, 0.29) is 46.7 Å². The Kier molecular flexibility index (Phi) is 12.7. The number of alkyl halides is 3. The van der Waals surface area contributed by atoms with E-state index in [1.807, 2.05) is 30.3 Å². The number of hydrogen-bond donors (Lipinski definition) is 2. The van der Waals surface area contributed by atoms with Crippen molar-refractivity contribution in [3.8, 4) is 34.1 Å². The van der Waals surface area contributed by atoms with Crippen LogP contribution in [0.4, 0.5) is 13.2 Å². The highest BCUT2D eigenvalue weighted by Gasteiger charge is 2.32. The highest BCUT2D eigenvalue weighted by Crippen LogP contribution is 2.40. The van der Waals surface area contributed by atoms with Crippen LogP contribution in [0.25, 0.3) is 11.1 Å². The fourth-order valence-corrected chi connectivity index (χ4v) is 8.12. The third-order valence-corrected chi connectivity index (χ3v) is 11.4. The maximum absolute atomic E-state index is 14.7. The lowest BCUT2D eigenvalue weighted by molar-refractivity contribution is -0.137. The predicted molar refractivity (Wildman–Crippen MR) is 214 cm³/mol. The normalized spacial score (nSPS) is 11.7. The van der Waals surface area contributed by atoms with Crippen molar-refractivity contribution in [3.63, 3.8) is 0 Å². The number of methoxy groups -OCH3 is 1. The zero-order valence-corrected chi connectivity index (χ0v) is 32.9. The first-order valence-corrected chi connectivity index (χ1v) is 19.6. The van der Waals surface area contributed by atoms with Crippen LogP contribution in [0.5, 0.6) is 23.0 Å². The number of nitrogens with zero attached hydrogens (tertiary/aromatic N) is 1. The minimum atomic E-state index is -4.66. The van der Waals surface area contributed by atoms with E-state index < -0.39 is 38.3 Å². The lowest BCUT2D eigenvalue weighted by Gasteiger charge is -2.24. The molecule has 0 fully saturated rings. The number of benzene rings is 6. The van der Waals surface area contributed by atoms with Crippen molar-refractivity contribution in [2.45, 2.75) is 30.7 Å². The predicted octanol–water partition coefficient (Wildman–Crippen LogP) is 11.2. The molecule has 294 valence electrons. The first kappa shape index (κ1) is 41.4. The Morgan fingerprint density at radius 2 is 1.37 bits per heavy atom. The number of aromatic hydroxyl groups is 1. The van der Waals surface area contributed by atoms with Crippen molar-refractivity contribution < 1.29 is 41.0 Å². The lowest BCUT2D eigenvalue weighted by atomic mass is 10.0. The van der Waals surface area contributed by atoms with Crippen LogP contribution in [0.15, 0.2) is 132 Å². The largest absolute Gasteiger partial charge is 0.505 e. The van der Waals surface area contributed by atoms with Gasteiger partial charge in [-0.25, -0.2) is 8.42 Å². The molecule has 8 nitrogen and oxygen atoms in total. The number of ether oxygens (including phenoxy) is 2. The van der Waals surface area contributed by atoms with Gasteiger partial charge in [0.1, 0.15) is 22.1 Å². The summed E-state index contributed by atoms with van der Waals surface area (Å²) in [6.07, 6.45) is -4.50. The van der Waals surface area contributed by atoms with Crippen molar-refractivity contribution in [1.29, 1.82) is 0 Å². The highest BCUT2D eigenvalue weighted by molar-refractivity contribution is 7.89. The zero-order valence-electron chi connectivity index (χ0n) is 29.9. The van der Waals surface area contributed by atoms with Gasteiger partial charge in [0.05, 0.1) is 22.7 Å². The molecule has 0 heterocycles. The van der Waals surface area contributed by atoms with Crippen molar-refractivity contribution in [3.05, 3.63) is 170 Å². The van der Waals surface area contributed by atoms with Crippen LogP contribution >= 0.6 is 34.8 Å². The van der Waals surface area contributed by atoms with Gasteiger partial charge in [0, 0.05) is 35.8 Å². The molecular weight excluding hydrogens is 824 g/mol. The van der Waals surface area contributed by atoms with Gasteiger partial charge in [-0.3, -0.25) is 4.79 Å². The summed E-state index contributed by atoms with van der Waals surface area (Å²) >= 11 is 19.2. The topological polar surface area (TPSA) is 105 Å². The SMILES string of the molecule is COc1c(Cl)cc(CN(Cc2ccc(Oc3ccc(C(F)(F)F)cc3)cc2)S(=O)(=O)c2cc(C(=O)NCc3ccccc3)cc(Cl)c2O)cc1-c1ccc(Cl)cc1. The summed E-state index contributed by atoms with van der Waals surface area (Å²) < 4.78 is 80.9. The molecule has 2 N–H and O–H groups in total. The number of carbonyl (C=O) groups is 1. The van der Waals surface area contributed by atoms with Crippen LogP contribution in [-0.2, 0) is 35.8 Å². The van der Waals surface area contributed by atoms with Crippen molar-refractivity contribution in [1.82, 2.24) is 9.62 Å². The number of nitrogens with one attached hydrogen (secondary N) is 1. The number of sulfonamides is 1. The summed E-state index contributed by atoms with van der Waals surface area (Å²) in [7, 11) is -3.20. The summed E-state index contributed by atoms with van der Waals surface area (Å²) in [6, 6.07) is 31.9. The second kappa shape index (κ2) is 17.5. The van der Waals surface area contributed by atoms with Gasteiger partial charge < -0.3 is 19.9 Å². The summed E-state index contributed by atoms with van der Waals surface area (Å²) in [4.78, 5) is 12.7. The van der Waals surface area contributed by atoms with Gasteiger partial charge in [-0.05, 0) is 95.1 Å². The van der Waals surface area contributed by atoms with E-state index in [1.54, 1.807) is 48.5 Å². The fourth-order valence-electron chi connectivity index (χ4n) is 5.86. The van der Waals surface area contributed by atoms with Gasteiger partial charge in [-0.1, -0.05) is 89.4 Å². The third-order valence-electron chi connectivity index (χ3n) is 8.73. The van der Waals surface area contributed by atoms with Crippen LogP contribution in [-0.4, -0.2) is 30.8 Å². The summed E-state index contributed by atoms with van der Waals surface area (Å²) in [5.41, 5.74) is 2.04. The molecule has 6 aromatic rings. The molecule has 0 aromatic heterocycles. The van der Waals surface area contributed by atoms with Gasteiger partial charge in [0.15, 0.2) is 5.75 Å². The third kappa shape index (κ3) is 10.0. The Hall–Kier alpha value is -5.24. The zero-order chi connectivity index (χ0) is 40.9. The molecule has 6 rings (SSSR count). The van der Waals surface area contributed by atoms with Crippen LogP contribution in [0.2, 0.25) is 15.1 Å². The number of carbonyl (C=O) groups excluding carboxylic acids is 1. The summed E-state index contributed by atoms with van der Waals surface area (Å²) in [5.74, 6) is -0.591. The number of hydrogen-bond acceptors (Lipinski definition) is 6. The quantitative estimate of drug-likeness (QED) is 0.120. The summed E-state index contributed by atoms with van der Waals surface area (Å²) in [5, 5.41) is 14.2. The van der Waals surface area contributed by atoms with Crippen molar-refractivity contribution in [2.24, 2.45) is 0 Å².